The predicted molar refractivity (Wildman–Crippen MR) is 73.6 cm³/mol. The predicted octanol–water partition coefficient (Wildman–Crippen LogP) is 1.48. The maximum absolute atomic E-state index is 8.84. The Balaban J connectivity index is 1.98. The summed E-state index contributed by atoms with van der Waals surface area (Å²) in [5, 5.41) is 8.84. The van der Waals surface area contributed by atoms with Crippen molar-refractivity contribution in [2.24, 2.45) is 5.84 Å². The number of anilines is 1. The highest BCUT2D eigenvalue weighted by molar-refractivity contribution is 5.42. The fraction of sp³-hybridized carbons (Fsp3) is 0.214. The lowest BCUT2D eigenvalue weighted by atomic mass is 10.1. The summed E-state index contributed by atoms with van der Waals surface area (Å²) >= 11 is 0. The van der Waals surface area contributed by atoms with Crippen LogP contribution in [0.3, 0.4) is 0 Å². The zero-order chi connectivity index (χ0) is 13.5. The van der Waals surface area contributed by atoms with Crippen LogP contribution in [0.2, 0.25) is 0 Å². The number of ether oxygens (including phenoxy) is 1. The van der Waals surface area contributed by atoms with E-state index in [1.54, 1.807) is 6.20 Å². The van der Waals surface area contributed by atoms with Crippen LogP contribution in [0.4, 0.5) is 5.82 Å². The zero-order valence-electron chi connectivity index (χ0n) is 10.5. The van der Waals surface area contributed by atoms with Crippen LogP contribution in [-0.4, -0.2) is 16.7 Å². The van der Waals surface area contributed by atoms with Crippen molar-refractivity contribution in [3.63, 3.8) is 0 Å². The van der Waals surface area contributed by atoms with E-state index < -0.39 is 0 Å². The van der Waals surface area contributed by atoms with Gasteiger partial charge in [0.2, 0.25) is 0 Å². The number of hydrogen-bond acceptors (Lipinski definition) is 5. The molecule has 1 aromatic carbocycles. The number of nitrogens with zero attached hydrogens (tertiary/aromatic N) is 1. The number of aliphatic hydroxyl groups excluding tert-OH is 1. The summed E-state index contributed by atoms with van der Waals surface area (Å²) in [4.78, 5) is 4.10. The van der Waals surface area contributed by atoms with Crippen LogP contribution in [-0.2, 0) is 13.0 Å². The fourth-order valence-electron chi connectivity index (χ4n) is 1.73. The molecule has 4 N–H and O–H groups in total. The number of nitrogen functional groups attached to an aromatic ring is 1. The Morgan fingerprint density at radius 1 is 1.21 bits per heavy atom. The quantitative estimate of drug-likeness (QED) is 0.541. The van der Waals surface area contributed by atoms with Crippen LogP contribution in [0, 0.1) is 0 Å². The Kier molecular flexibility index (Phi) is 4.72. The molecule has 0 radical (unpaired) electrons. The first-order chi connectivity index (χ1) is 9.33. The topological polar surface area (TPSA) is 80.4 Å². The van der Waals surface area contributed by atoms with E-state index in [1.165, 1.54) is 0 Å². The molecule has 0 fully saturated rings. The van der Waals surface area contributed by atoms with Gasteiger partial charge in [-0.05, 0) is 30.2 Å². The molecule has 0 aliphatic carbocycles. The molecule has 19 heavy (non-hydrogen) atoms. The minimum atomic E-state index is 0.154. The second-order valence-electron chi connectivity index (χ2n) is 4.06. The van der Waals surface area contributed by atoms with Crippen LogP contribution >= 0.6 is 0 Å². The standard InChI is InChI=1S/C14H17N3O2/c15-17-14-12(2-1-8-16-14)10-19-13-5-3-11(4-6-13)7-9-18/h1-6,8,18H,7,9-10,15H2,(H,16,17). The van der Waals surface area contributed by atoms with Gasteiger partial charge in [0.15, 0.2) is 0 Å². The molecule has 0 aliphatic heterocycles. The largest absolute Gasteiger partial charge is 0.489 e. The molecule has 2 aromatic rings. The molecule has 0 unspecified atom stereocenters. The minimum Gasteiger partial charge on any atom is -0.489 e. The van der Waals surface area contributed by atoms with Crippen molar-refractivity contribution in [3.05, 3.63) is 53.7 Å². The second-order valence-corrected chi connectivity index (χ2v) is 4.06. The number of nitrogens with one attached hydrogen (secondary N) is 1. The lowest BCUT2D eigenvalue weighted by molar-refractivity contribution is 0.298. The Labute approximate surface area is 112 Å². The molecular formula is C14H17N3O2. The minimum absolute atomic E-state index is 0.154. The summed E-state index contributed by atoms with van der Waals surface area (Å²) < 4.78 is 5.67. The molecule has 2 rings (SSSR count). The summed E-state index contributed by atoms with van der Waals surface area (Å²) in [5.74, 6) is 6.76. The Morgan fingerprint density at radius 2 is 2.00 bits per heavy atom. The average molecular weight is 259 g/mol. The van der Waals surface area contributed by atoms with E-state index in [1.807, 2.05) is 36.4 Å². The van der Waals surface area contributed by atoms with Crippen molar-refractivity contribution in [2.45, 2.75) is 13.0 Å². The number of nitrogens with two attached hydrogens (primary N) is 1. The van der Waals surface area contributed by atoms with Crippen LogP contribution < -0.4 is 16.0 Å². The summed E-state index contributed by atoms with van der Waals surface area (Å²) in [7, 11) is 0. The van der Waals surface area contributed by atoms with Gasteiger partial charge in [-0.2, -0.15) is 0 Å². The van der Waals surface area contributed by atoms with Crippen LogP contribution in [0.1, 0.15) is 11.1 Å². The van der Waals surface area contributed by atoms with E-state index in [9.17, 15) is 0 Å². The summed E-state index contributed by atoms with van der Waals surface area (Å²) in [6.45, 7) is 0.550. The summed E-state index contributed by atoms with van der Waals surface area (Å²) in [5.41, 5.74) is 4.52. The number of rotatable bonds is 6. The van der Waals surface area contributed by atoms with Gasteiger partial charge in [0, 0.05) is 18.4 Å². The van der Waals surface area contributed by atoms with E-state index in [-0.39, 0.29) is 6.61 Å². The molecule has 0 saturated carbocycles. The molecule has 1 heterocycles. The molecule has 5 nitrogen and oxygen atoms in total. The van der Waals surface area contributed by atoms with Crippen molar-refractivity contribution in [2.75, 3.05) is 12.0 Å². The Morgan fingerprint density at radius 3 is 2.68 bits per heavy atom. The van der Waals surface area contributed by atoms with Gasteiger partial charge in [0.05, 0.1) is 0 Å². The summed E-state index contributed by atoms with van der Waals surface area (Å²) in [6, 6.07) is 11.4. The highest BCUT2D eigenvalue weighted by Gasteiger charge is 2.02. The normalized spacial score (nSPS) is 10.2. The second kappa shape index (κ2) is 6.72. The first kappa shape index (κ1) is 13.3. The third kappa shape index (κ3) is 3.67. The van der Waals surface area contributed by atoms with E-state index in [2.05, 4.69) is 10.4 Å². The average Bonchev–Trinajstić information content (AvgIpc) is 2.47. The van der Waals surface area contributed by atoms with Crippen molar-refractivity contribution in [3.8, 4) is 5.75 Å². The van der Waals surface area contributed by atoms with Crippen molar-refractivity contribution in [1.29, 1.82) is 0 Å². The number of aliphatic hydroxyl groups is 1. The molecule has 1 aromatic heterocycles. The zero-order valence-corrected chi connectivity index (χ0v) is 10.5. The highest BCUT2D eigenvalue weighted by atomic mass is 16.5. The summed E-state index contributed by atoms with van der Waals surface area (Å²) in [6.07, 6.45) is 2.33. The maximum atomic E-state index is 8.84. The number of hydrogen-bond donors (Lipinski definition) is 3. The lowest BCUT2D eigenvalue weighted by Crippen LogP contribution is -2.12. The number of hydrazine groups is 1. The third-order valence-corrected chi connectivity index (χ3v) is 2.75. The van der Waals surface area contributed by atoms with Gasteiger partial charge < -0.3 is 15.3 Å². The van der Waals surface area contributed by atoms with Gasteiger partial charge in [-0.3, -0.25) is 0 Å². The first-order valence-corrected chi connectivity index (χ1v) is 6.06. The monoisotopic (exact) mass is 259 g/mol. The first-order valence-electron chi connectivity index (χ1n) is 6.06. The molecule has 0 spiro atoms. The Bertz CT molecular complexity index is 514. The van der Waals surface area contributed by atoms with Crippen molar-refractivity contribution in [1.82, 2.24) is 4.98 Å². The SMILES string of the molecule is NNc1ncccc1COc1ccc(CCO)cc1. The van der Waals surface area contributed by atoms with Crippen LogP contribution in [0.25, 0.3) is 0 Å². The molecule has 0 atom stereocenters. The van der Waals surface area contributed by atoms with Crippen molar-refractivity contribution >= 4 is 5.82 Å². The van der Waals surface area contributed by atoms with Crippen LogP contribution in [0.5, 0.6) is 5.75 Å². The van der Waals surface area contributed by atoms with Gasteiger partial charge in [-0.1, -0.05) is 18.2 Å². The molecular weight excluding hydrogens is 242 g/mol. The van der Waals surface area contributed by atoms with Gasteiger partial charge >= 0.3 is 0 Å². The van der Waals surface area contributed by atoms with Crippen LogP contribution in [0.15, 0.2) is 42.6 Å². The van der Waals surface area contributed by atoms with Crippen molar-refractivity contribution < 1.29 is 9.84 Å². The fourth-order valence-corrected chi connectivity index (χ4v) is 1.73. The van der Waals surface area contributed by atoms with E-state index in [0.29, 0.717) is 18.8 Å². The lowest BCUT2D eigenvalue weighted by Gasteiger charge is -2.10. The number of aromatic nitrogens is 1. The smallest absolute Gasteiger partial charge is 0.146 e. The van der Waals surface area contributed by atoms with Gasteiger partial charge in [-0.25, -0.2) is 10.8 Å². The highest BCUT2D eigenvalue weighted by Crippen LogP contribution is 2.17. The molecule has 0 saturated heterocycles. The molecule has 100 valence electrons. The number of benzene rings is 1. The van der Waals surface area contributed by atoms with E-state index in [0.717, 1.165) is 16.9 Å². The molecule has 0 aliphatic rings. The van der Waals surface area contributed by atoms with Gasteiger partial charge in [0.25, 0.3) is 0 Å². The molecule has 5 heteroatoms. The van der Waals surface area contributed by atoms with Gasteiger partial charge in [-0.15, -0.1) is 0 Å². The maximum Gasteiger partial charge on any atom is 0.146 e. The molecule has 0 bridgehead atoms. The Hall–Kier alpha value is -2.11. The van der Waals surface area contributed by atoms with Gasteiger partial charge in [0.1, 0.15) is 18.2 Å². The number of pyridine rings is 1. The van der Waals surface area contributed by atoms with E-state index >= 15 is 0 Å². The third-order valence-electron chi connectivity index (χ3n) is 2.75. The van der Waals surface area contributed by atoms with E-state index in [4.69, 9.17) is 15.7 Å². The molecule has 0 amide bonds.